The maximum Gasteiger partial charge on any atom is 0.105 e. The fourth-order valence-electron chi connectivity index (χ4n) is 2.91. The molecule has 1 saturated heterocycles. The Bertz CT molecular complexity index is 355. The molecule has 122 valence electrons. The average molecular weight is 316 g/mol. The van der Waals surface area contributed by atoms with Crippen molar-refractivity contribution in [2.45, 2.75) is 72.1 Å². The maximum atomic E-state index is 8.75. The van der Waals surface area contributed by atoms with Gasteiger partial charge in [-0.25, -0.2) is 0 Å². The molecule has 4 atom stereocenters. The number of hydrogen-bond donors (Lipinski definition) is 0. The first-order valence-corrected chi connectivity index (χ1v) is 9.43. The lowest BCUT2D eigenvalue weighted by atomic mass is 10.0. The van der Waals surface area contributed by atoms with Gasteiger partial charge in [0.25, 0.3) is 0 Å². The summed E-state index contributed by atoms with van der Waals surface area (Å²) in [7, 11) is -0.758. The summed E-state index contributed by atoms with van der Waals surface area (Å²) in [5.41, 5.74) is 0. The van der Waals surface area contributed by atoms with Crippen LogP contribution in [0.2, 0.25) is 0 Å². The molecule has 0 bridgehead atoms. The van der Waals surface area contributed by atoms with Crippen molar-refractivity contribution in [3.05, 3.63) is 0 Å². The van der Waals surface area contributed by atoms with Crippen LogP contribution in [0, 0.1) is 17.2 Å². The van der Waals surface area contributed by atoms with Crippen LogP contribution < -0.4 is 0 Å². The smallest absolute Gasteiger partial charge is 0.105 e. The van der Waals surface area contributed by atoms with E-state index in [1.165, 1.54) is 0 Å². The van der Waals surface area contributed by atoms with E-state index in [0.29, 0.717) is 31.0 Å². The predicted molar refractivity (Wildman–Crippen MR) is 88.2 cm³/mol. The number of nitriles is 1. The van der Waals surface area contributed by atoms with Crippen molar-refractivity contribution < 1.29 is 10.6 Å². The van der Waals surface area contributed by atoms with Crippen LogP contribution in [0.15, 0.2) is 0 Å². The van der Waals surface area contributed by atoms with E-state index in [1.807, 2.05) is 0 Å². The first-order chi connectivity index (χ1) is 10.4. The monoisotopic (exact) mass is 316 g/mol. The van der Waals surface area contributed by atoms with Gasteiger partial charge in [-0.15, -0.1) is 0 Å². The van der Waals surface area contributed by atoms with Gasteiger partial charge in [0.1, 0.15) is 8.30 Å². The van der Waals surface area contributed by atoms with Crippen molar-refractivity contribution >= 4 is 8.30 Å². The topological polar surface area (TPSA) is 45.5 Å². The lowest BCUT2D eigenvalue weighted by Gasteiger charge is -2.38. The normalized spacial score (nSPS) is 28.1. The van der Waals surface area contributed by atoms with E-state index < -0.39 is 14.9 Å². The molecule has 1 heterocycles. The Labute approximate surface area is 133 Å². The molecule has 1 unspecified atom stereocenters. The Kier molecular flexibility index (Phi) is 7.96. The highest BCUT2D eigenvalue weighted by Crippen LogP contribution is 2.48. The molecule has 0 radical (unpaired) electrons. The Morgan fingerprint density at radius 3 is 2.62 bits per heavy atom. The fourth-order valence-corrected chi connectivity index (χ4v) is 5.45. The molecule has 0 saturated carbocycles. The minimum atomic E-state index is -0.758. The molecular formula is C16H31N2O2P. The Morgan fingerprint density at radius 1 is 1.43 bits per heavy atom. The van der Waals surface area contributed by atoms with Gasteiger partial charge in [0.15, 0.2) is 0 Å². The second-order valence-electron chi connectivity index (χ2n) is 6.09. The molecule has 0 aromatic carbocycles. The van der Waals surface area contributed by atoms with Crippen LogP contribution in [0.5, 0.6) is 0 Å². The minimum absolute atomic E-state index is 0.174. The lowest BCUT2D eigenvalue weighted by Crippen LogP contribution is -2.35. The Hall–Kier alpha value is -0.200. The quantitative estimate of drug-likeness (QED) is 0.473. The summed E-state index contributed by atoms with van der Waals surface area (Å²) >= 11 is 0. The molecular weight excluding hydrogens is 283 g/mol. The highest BCUT2D eigenvalue weighted by molar-refractivity contribution is 7.50. The van der Waals surface area contributed by atoms with Crippen molar-refractivity contribution in [3.63, 3.8) is 0 Å². The molecule has 1 fully saturated rings. The molecule has 1 aliphatic heterocycles. The summed E-state index contributed by atoms with van der Waals surface area (Å²) in [6, 6.07) is 2.96. The predicted octanol–water partition coefficient (Wildman–Crippen LogP) is 4.16. The van der Waals surface area contributed by atoms with Gasteiger partial charge in [-0.05, 0) is 46.5 Å². The van der Waals surface area contributed by atoms with E-state index in [4.69, 9.17) is 15.9 Å². The van der Waals surface area contributed by atoms with Gasteiger partial charge in [-0.3, -0.25) is 4.67 Å². The van der Waals surface area contributed by atoms with Gasteiger partial charge in [-0.2, -0.15) is 5.26 Å². The van der Waals surface area contributed by atoms with Crippen molar-refractivity contribution in [1.29, 1.82) is 5.26 Å². The maximum absolute atomic E-state index is 8.75. The zero-order valence-electron chi connectivity index (χ0n) is 15.1. The second-order valence-corrected chi connectivity index (χ2v) is 7.88. The fraction of sp³-hybridized carbons (Fsp3) is 0.938. The van der Waals surface area contributed by atoms with Crippen LogP contribution in [0.1, 0.15) is 55.3 Å². The largest absolute Gasteiger partial charge is 0.378 e. The van der Waals surface area contributed by atoms with Gasteiger partial charge < -0.3 is 9.26 Å². The molecule has 0 spiro atoms. The summed E-state index contributed by atoms with van der Waals surface area (Å²) in [6.45, 7) is 11.0. The molecule has 0 N–H and O–H groups in total. The van der Waals surface area contributed by atoms with Gasteiger partial charge in [0, 0.05) is 24.8 Å². The van der Waals surface area contributed by atoms with Crippen molar-refractivity contribution in [3.8, 4) is 6.07 Å². The van der Waals surface area contributed by atoms with E-state index >= 15 is 0 Å². The third-order valence-electron chi connectivity index (χ3n) is 3.76. The number of nitrogens with zero attached hydrogens (tertiary/aromatic N) is 2. The van der Waals surface area contributed by atoms with Crippen LogP contribution in [0.25, 0.3) is 0 Å². The van der Waals surface area contributed by atoms with E-state index in [0.717, 1.165) is 19.0 Å². The molecule has 0 aromatic heterocycles. The van der Waals surface area contributed by atoms with Crippen LogP contribution in [-0.4, -0.2) is 42.2 Å². The second kappa shape index (κ2) is 9.74. The first kappa shape index (κ1) is 17.2. The van der Waals surface area contributed by atoms with Crippen LogP contribution in [0.3, 0.4) is 0 Å². The highest BCUT2D eigenvalue weighted by atomic mass is 31.2. The number of hydrogen-bond acceptors (Lipinski definition) is 4. The molecule has 0 aromatic rings. The van der Waals surface area contributed by atoms with E-state index in [2.05, 4.69) is 45.4 Å². The molecule has 0 amide bonds. The van der Waals surface area contributed by atoms with E-state index in [9.17, 15) is 0 Å². The molecule has 0 aliphatic carbocycles. The van der Waals surface area contributed by atoms with E-state index in [1.54, 1.807) is 0 Å². The van der Waals surface area contributed by atoms with E-state index in [-0.39, 0.29) is 6.10 Å². The zero-order chi connectivity index (χ0) is 16.7. The average Bonchev–Trinajstić information content (AvgIpc) is 2.78. The number of rotatable bonds is 9. The summed E-state index contributed by atoms with van der Waals surface area (Å²) < 4.78 is 22.1. The summed E-state index contributed by atoms with van der Waals surface area (Å²) in [5.74, 6) is 0.390. The van der Waals surface area contributed by atoms with Crippen LogP contribution >= 0.6 is 8.30 Å². The molecule has 5 heteroatoms. The van der Waals surface area contributed by atoms with Gasteiger partial charge >= 0.3 is 0 Å². The Balaban J connectivity index is 2.78. The summed E-state index contributed by atoms with van der Waals surface area (Å²) in [4.78, 5) is 0. The zero-order valence-corrected chi connectivity index (χ0v) is 15.0. The molecule has 1 rings (SSSR count). The van der Waals surface area contributed by atoms with Gasteiger partial charge in [0.05, 0.1) is 26.6 Å². The standard InChI is InChI=1S/C16H31N2O2P/c1-6-16-15(8-11-19-16)12-21(20-10-7-9-17)18(13(2)3)14(4)5/h13-16H,6-8,10-12H2,1-5H3/t15-,16-,21?/m1/s1/i11T/t11-,15+,16+,21?/m0. The SMILES string of the molecule is [3H][C@H]1C[C@H](CP(OCCC#N)N(C(C)C)C(C)C)[C@@H](CC)O1. The lowest BCUT2D eigenvalue weighted by molar-refractivity contribution is 0.0908. The molecule has 4 nitrogen and oxygen atoms in total. The van der Waals surface area contributed by atoms with Gasteiger partial charge in [0.2, 0.25) is 0 Å². The summed E-state index contributed by atoms with van der Waals surface area (Å²) in [5, 5.41) is 8.75. The minimum Gasteiger partial charge on any atom is -0.378 e. The molecule has 21 heavy (non-hydrogen) atoms. The Morgan fingerprint density at radius 2 is 2.10 bits per heavy atom. The van der Waals surface area contributed by atoms with Gasteiger partial charge in [-0.1, -0.05) is 6.92 Å². The summed E-state index contributed by atoms with van der Waals surface area (Å²) in [6.07, 6.45) is 3.29. The number of ether oxygens (including phenoxy) is 1. The highest BCUT2D eigenvalue weighted by Gasteiger charge is 2.33. The van der Waals surface area contributed by atoms with Crippen molar-refractivity contribution in [2.75, 3.05) is 19.4 Å². The van der Waals surface area contributed by atoms with Crippen LogP contribution in [-0.2, 0) is 9.26 Å². The third-order valence-corrected chi connectivity index (χ3v) is 6.46. The van der Waals surface area contributed by atoms with Crippen molar-refractivity contribution in [2.24, 2.45) is 5.92 Å². The van der Waals surface area contributed by atoms with Crippen molar-refractivity contribution in [1.82, 2.24) is 4.67 Å². The first-order valence-electron chi connectivity index (χ1n) is 8.61. The molecule has 1 aliphatic rings. The third kappa shape index (κ3) is 5.83. The van der Waals surface area contributed by atoms with Crippen LogP contribution in [0.4, 0.5) is 0 Å².